The lowest BCUT2D eigenvalue weighted by atomic mass is 10.1. The molecule has 108 valence electrons. The zero-order valence-corrected chi connectivity index (χ0v) is 12.8. The van der Waals surface area contributed by atoms with Crippen molar-refractivity contribution < 1.29 is 9.59 Å². The van der Waals surface area contributed by atoms with Crippen molar-refractivity contribution in [3.8, 4) is 0 Å². The van der Waals surface area contributed by atoms with Crippen LogP contribution < -0.4 is 10.6 Å². The Morgan fingerprint density at radius 3 is 2.80 bits per heavy atom. The lowest BCUT2D eigenvalue weighted by Crippen LogP contribution is -2.37. The number of benzene rings is 1. The van der Waals surface area contributed by atoms with Crippen LogP contribution in [0.2, 0.25) is 5.02 Å². The minimum Gasteiger partial charge on any atom is -0.345 e. The molecule has 20 heavy (non-hydrogen) atoms. The molecule has 1 aromatic rings. The van der Waals surface area contributed by atoms with E-state index in [1.165, 1.54) is 4.90 Å². The van der Waals surface area contributed by atoms with Gasteiger partial charge in [-0.05, 0) is 18.2 Å². The first kappa shape index (κ1) is 15.2. The summed E-state index contributed by atoms with van der Waals surface area (Å²) in [6.45, 7) is 0. The zero-order valence-electron chi connectivity index (χ0n) is 11.3. The van der Waals surface area contributed by atoms with Crippen LogP contribution in [0.15, 0.2) is 18.2 Å². The Bertz CT molecular complexity index is 530. The molecule has 0 bridgehead atoms. The van der Waals surface area contributed by atoms with Gasteiger partial charge in [-0.15, -0.1) is 11.8 Å². The lowest BCUT2D eigenvalue weighted by molar-refractivity contribution is -0.117. The summed E-state index contributed by atoms with van der Waals surface area (Å²) in [7, 11) is 3.31. The van der Waals surface area contributed by atoms with Gasteiger partial charge in [-0.3, -0.25) is 14.9 Å². The summed E-state index contributed by atoms with van der Waals surface area (Å²) in [5.41, 5.74) is 0.950. The average Bonchev–Trinajstić information content (AvgIpc) is 2.94. The van der Waals surface area contributed by atoms with Crippen LogP contribution in [0.5, 0.6) is 0 Å². The number of carbonyl (C=O) groups excluding carboxylic acids is 2. The maximum absolute atomic E-state index is 12.0. The quantitative estimate of drug-likeness (QED) is 0.890. The van der Waals surface area contributed by atoms with Crippen LogP contribution >= 0.6 is 23.4 Å². The van der Waals surface area contributed by atoms with Gasteiger partial charge < -0.3 is 10.2 Å². The molecule has 0 saturated carbocycles. The highest BCUT2D eigenvalue weighted by atomic mass is 35.5. The largest absolute Gasteiger partial charge is 0.345 e. The fourth-order valence-electron chi connectivity index (χ4n) is 1.80. The highest BCUT2D eigenvalue weighted by Crippen LogP contribution is 2.22. The van der Waals surface area contributed by atoms with Gasteiger partial charge in [0.1, 0.15) is 0 Å². The molecule has 1 aliphatic rings. The summed E-state index contributed by atoms with van der Waals surface area (Å²) in [4.78, 5) is 25.4. The van der Waals surface area contributed by atoms with E-state index in [9.17, 15) is 9.59 Å². The molecule has 1 saturated heterocycles. The van der Waals surface area contributed by atoms with E-state index in [4.69, 9.17) is 11.6 Å². The molecule has 1 unspecified atom stereocenters. The summed E-state index contributed by atoms with van der Waals surface area (Å²) in [6, 6.07) is 4.72. The summed E-state index contributed by atoms with van der Waals surface area (Å²) in [5.74, 6) is 1.24. The van der Waals surface area contributed by atoms with Gasteiger partial charge in [0.2, 0.25) is 5.91 Å². The summed E-state index contributed by atoms with van der Waals surface area (Å²) >= 11 is 7.70. The van der Waals surface area contributed by atoms with E-state index in [1.54, 1.807) is 44.1 Å². The zero-order chi connectivity index (χ0) is 14.7. The van der Waals surface area contributed by atoms with Crippen molar-refractivity contribution in [3.63, 3.8) is 0 Å². The molecule has 0 aromatic heterocycles. The lowest BCUT2D eigenvalue weighted by Gasteiger charge is -2.14. The van der Waals surface area contributed by atoms with Gasteiger partial charge in [-0.25, -0.2) is 0 Å². The minimum absolute atomic E-state index is 0.0967. The molecule has 2 amide bonds. The smallest absolute Gasteiger partial charge is 0.254 e. The van der Waals surface area contributed by atoms with Crippen molar-refractivity contribution in [2.45, 2.75) is 6.04 Å². The predicted octanol–water partition coefficient (Wildman–Crippen LogP) is 1.64. The second-order valence-electron chi connectivity index (χ2n) is 4.66. The summed E-state index contributed by atoms with van der Waals surface area (Å²) in [5, 5.41) is 6.27. The number of anilines is 1. The van der Waals surface area contributed by atoms with Gasteiger partial charge >= 0.3 is 0 Å². The number of nitrogens with zero attached hydrogens (tertiary/aromatic N) is 1. The van der Waals surface area contributed by atoms with E-state index < -0.39 is 0 Å². The second-order valence-corrected chi connectivity index (χ2v) is 6.09. The SMILES string of the molecule is CN(C)C(=O)c1cc(NC(=O)C2CSCN2)ccc1Cl. The molecule has 2 rings (SSSR count). The van der Waals surface area contributed by atoms with E-state index in [2.05, 4.69) is 10.6 Å². The molecule has 0 radical (unpaired) electrons. The molecule has 1 heterocycles. The van der Waals surface area contributed by atoms with Crippen LogP contribution in [0.4, 0.5) is 5.69 Å². The third-order valence-corrected chi connectivity index (χ3v) is 4.17. The third-order valence-electron chi connectivity index (χ3n) is 2.90. The van der Waals surface area contributed by atoms with Gasteiger partial charge in [0.15, 0.2) is 0 Å². The molecule has 1 atom stereocenters. The fraction of sp³-hybridized carbons (Fsp3) is 0.385. The molecular weight excluding hydrogens is 298 g/mol. The molecule has 0 aliphatic carbocycles. The van der Waals surface area contributed by atoms with Crippen molar-refractivity contribution in [2.24, 2.45) is 0 Å². The highest BCUT2D eigenvalue weighted by Gasteiger charge is 2.23. The summed E-state index contributed by atoms with van der Waals surface area (Å²) < 4.78 is 0. The first-order chi connectivity index (χ1) is 9.49. The Hall–Kier alpha value is -1.24. The summed E-state index contributed by atoms with van der Waals surface area (Å²) in [6.07, 6.45) is 0. The van der Waals surface area contributed by atoms with E-state index in [0.717, 1.165) is 11.6 Å². The highest BCUT2D eigenvalue weighted by molar-refractivity contribution is 7.99. The van der Waals surface area contributed by atoms with E-state index in [1.807, 2.05) is 0 Å². The standard InChI is InChI=1S/C13H16ClN3O2S/c1-17(2)13(19)9-5-8(3-4-10(9)14)16-12(18)11-6-20-7-15-11/h3-5,11,15H,6-7H2,1-2H3,(H,16,18). The van der Waals surface area contributed by atoms with Gasteiger partial charge in [0.05, 0.1) is 16.6 Å². The molecular formula is C13H16ClN3O2S. The Labute approximate surface area is 127 Å². The Morgan fingerprint density at radius 2 is 2.20 bits per heavy atom. The Morgan fingerprint density at radius 1 is 1.45 bits per heavy atom. The van der Waals surface area contributed by atoms with Crippen molar-refractivity contribution in [1.29, 1.82) is 0 Å². The van der Waals surface area contributed by atoms with Crippen LogP contribution in [0, 0.1) is 0 Å². The third kappa shape index (κ3) is 3.45. The van der Waals surface area contributed by atoms with Crippen LogP contribution in [-0.2, 0) is 4.79 Å². The predicted molar refractivity (Wildman–Crippen MR) is 82.3 cm³/mol. The van der Waals surface area contributed by atoms with Crippen LogP contribution in [0.1, 0.15) is 10.4 Å². The molecule has 1 aliphatic heterocycles. The van der Waals surface area contributed by atoms with Crippen LogP contribution in [0.25, 0.3) is 0 Å². The molecule has 2 N–H and O–H groups in total. The van der Waals surface area contributed by atoms with Gasteiger partial charge in [0.25, 0.3) is 5.91 Å². The van der Waals surface area contributed by atoms with Crippen LogP contribution in [0.3, 0.4) is 0 Å². The molecule has 5 nitrogen and oxygen atoms in total. The van der Waals surface area contributed by atoms with Gasteiger partial charge in [0, 0.05) is 31.4 Å². The van der Waals surface area contributed by atoms with E-state index in [-0.39, 0.29) is 17.9 Å². The van der Waals surface area contributed by atoms with E-state index >= 15 is 0 Å². The number of hydrogen-bond acceptors (Lipinski definition) is 4. The van der Waals surface area contributed by atoms with Gasteiger partial charge in [-0.1, -0.05) is 11.6 Å². The molecule has 7 heteroatoms. The second kappa shape index (κ2) is 6.47. The monoisotopic (exact) mass is 313 g/mol. The number of halogens is 1. The van der Waals surface area contributed by atoms with E-state index in [0.29, 0.717) is 16.3 Å². The number of rotatable bonds is 3. The van der Waals surface area contributed by atoms with Crippen molar-refractivity contribution in [1.82, 2.24) is 10.2 Å². The number of nitrogens with one attached hydrogen (secondary N) is 2. The number of hydrogen-bond donors (Lipinski definition) is 2. The van der Waals surface area contributed by atoms with Crippen molar-refractivity contribution in [3.05, 3.63) is 28.8 Å². The first-order valence-corrected chi connectivity index (χ1v) is 7.65. The molecule has 1 fully saturated rings. The van der Waals surface area contributed by atoms with Crippen molar-refractivity contribution >= 4 is 40.9 Å². The molecule has 1 aromatic carbocycles. The van der Waals surface area contributed by atoms with Crippen molar-refractivity contribution in [2.75, 3.05) is 31.0 Å². The molecule has 0 spiro atoms. The number of amides is 2. The average molecular weight is 314 g/mol. The Balaban J connectivity index is 2.14. The maximum atomic E-state index is 12.0. The topological polar surface area (TPSA) is 61.4 Å². The fourth-order valence-corrected chi connectivity index (χ4v) is 2.94. The minimum atomic E-state index is -0.194. The number of thioether (sulfide) groups is 1. The van der Waals surface area contributed by atoms with Gasteiger partial charge in [-0.2, -0.15) is 0 Å². The number of carbonyl (C=O) groups is 2. The first-order valence-electron chi connectivity index (χ1n) is 6.12. The normalized spacial score (nSPS) is 17.9. The maximum Gasteiger partial charge on any atom is 0.254 e. The van der Waals surface area contributed by atoms with Crippen LogP contribution in [-0.4, -0.2) is 48.5 Å². The Kier molecular flexibility index (Phi) is 4.91.